The zero-order chi connectivity index (χ0) is 14.8. The normalized spacial score (nSPS) is 16.1. The summed E-state index contributed by atoms with van der Waals surface area (Å²) in [4.78, 5) is 25.3. The van der Waals surface area contributed by atoms with Crippen molar-refractivity contribution >= 4 is 11.9 Å². The molecule has 3 amide bonds. The predicted molar refractivity (Wildman–Crippen MR) is 79.6 cm³/mol. The Morgan fingerprint density at radius 2 is 1.90 bits per heavy atom. The Morgan fingerprint density at radius 3 is 2.55 bits per heavy atom. The standard InChI is InChI=1S/C14H28N4O2/c1-15-9-6-10-18(2)11-13(19)17-14(20)16-12-7-4-3-5-8-12/h12,15H,3-11H2,1-2H3,(H2,16,17,19,20). The van der Waals surface area contributed by atoms with Gasteiger partial charge in [0.1, 0.15) is 0 Å². The number of hydrogen-bond acceptors (Lipinski definition) is 4. The molecular formula is C14H28N4O2. The van der Waals surface area contributed by atoms with E-state index in [1.54, 1.807) is 0 Å². The molecule has 0 aliphatic heterocycles. The Balaban J connectivity index is 2.15. The lowest BCUT2D eigenvalue weighted by Gasteiger charge is -2.23. The number of imide groups is 1. The Bertz CT molecular complexity index is 304. The lowest BCUT2D eigenvalue weighted by Crippen LogP contribution is -2.47. The number of likely N-dealkylation sites (N-methyl/N-ethyl adjacent to an activating group) is 1. The van der Waals surface area contributed by atoms with Crippen LogP contribution in [0.25, 0.3) is 0 Å². The van der Waals surface area contributed by atoms with Crippen molar-refractivity contribution < 1.29 is 9.59 Å². The van der Waals surface area contributed by atoms with Gasteiger partial charge in [-0.2, -0.15) is 0 Å². The van der Waals surface area contributed by atoms with Crippen LogP contribution in [-0.4, -0.2) is 56.6 Å². The predicted octanol–water partition coefficient (Wildman–Crippen LogP) is 0.686. The first-order chi connectivity index (χ1) is 9.61. The van der Waals surface area contributed by atoms with E-state index in [4.69, 9.17) is 0 Å². The Morgan fingerprint density at radius 1 is 1.20 bits per heavy atom. The number of carbonyl (C=O) groups is 2. The molecule has 6 nitrogen and oxygen atoms in total. The maximum Gasteiger partial charge on any atom is 0.321 e. The van der Waals surface area contributed by atoms with Crippen LogP contribution in [0.3, 0.4) is 0 Å². The van der Waals surface area contributed by atoms with E-state index in [-0.39, 0.29) is 24.5 Å². The number of hydrogen-bond donors (Lipinski definition) is 3. The van der Waals surface area contributed by atoms with E-state index in [1.807, 2.05) is 19.0 Å². The quantitative estimate of drug-likeness (QED) is 0.601. The number of urea groups is 1. The van der Waals surface area contributed by atoms with E-state index in [0.717, 1.165) is 45.2 Å². The monoisotopic (exact) mass is 284 g/mol. The second-order valence-electron chi connectivity index (χ2n) is 5.55. The van der Waals surface area contributed by atoms with Crippen molar-refractivity contribution in [2.24, 2.45) is 0 Å². The minimum absolute atomic E-state index is 0.227. The van der Waals surface area contributed by atoms with Gasteiger partial charge in [-0.1, -0.05) is 19.3 Å². The molecule has 20 heavy (non-hydrogen) atoms. The molecule has 0 unspecified atom stereocenters. The fourth-order valence-corrected chi connectivity index (χ4v) is 2.48. The molecule has 0 bridgehead atoms. The molecule has 3 N–H and O–H groups in total. The van der Waals surface area contributed by atoms with Gasteiger partial charge in [0.25, 0.3) is 0 Å². The summed E-state index contributed by atoms with van der Waals surface area (Å²) in [5.41, 5.74) is 0. The summed E-state index contributed by atoms with van der Waals surface area (Å²) < 4.78 is 0. The van der Waals surface area contributed by atoms with Gasteiger partial charge in [0.2, 0.25) is 5.91 Å². The molecule has 0 spiro atoms. The smallest absolute Gasteiger partial charge is 0.321 e. The largest absolute Gasteiger partial charge is 0.335 e. The summed E-state index contributed by atoms with van der Waals surface area (Å²) in [6, 6.07) is -0.129. The highest BCUT2D eigenvalue weighted by atomic mass is 16.2. The summed E-state index contributed by atoms with van der Waals surface area (Å²) in [6.07, 6.45) is 6.59. The van der Waals surface area contributed by atoms with Crippen LogP contribution in [-0.2, 0) is 4.79 Å². The third kappa shape index (κ3) is 7.45. The van der Waals surface area contributed by atoms with Gasteiger partial charge in [-0.15, -0.1) is 0 Å². The summed E-state index contributed by atoms with van der Waals surface area (Å²) >= 11 is 0. The van der Waals surface area contributed by atoms with Crippen LogP contribution in [0.2, 0.25) is 0 Å². The maximum atomic E-state index is 11.7. The van der Waals surface area contributed by atoms with Crippen LogP contribution >= 0.6 is 0 Å². The van der Waals surface area contributed by atoms with Crippen LogP contribution in [0.4, 0.5) is 4.79 Å². The number of carbonyl (C=O) groups excluding carboxylic acids is 2. The van der Waals surface area contributed by atoms with E-state index in [2.05, 4.69) is 16.0 Å². The number of nitrogens with zero attached hydrogens (tertiary/aromatic N) is 1. The van der Waals surface area contributed by atoms with Gasteiger partial charge in [-0.3, -0.25) is 15.0 Å². The number of nitrogens with one attached hydrogen (secondary N) is 3. The van der Waals surface area contributed by atoms with Crippen molar-refractivity contribution in [3.8, 4) is 0 Å². The van der Waals surface area contributed by atoms with E-state index < -0.39 is 0 Å². The van der Waals surface area contributed by atoms with E-state index in [0.29, 0.717) is 0 Å². The van der Waals surface area contributed by atoms with Crippen molar-refractivity contribution in [1.29, 1.82) is 0 Å². The molecule has 0 aromatic heterocycles. The second-order valence-corrected chi connectivity index (χ2v) is 5.55. The van der Waals surface area contributed by atoms with Gasteiger partial charge in [0.15, 0.2) is 0 Å². The molecule has 6 heteroatoms. The molecule has 1 aliphatic rings. The average Bonchev–Trinajstić information content (AvgIpc) is 2.39. The molecular weight excluding hydrogens is 256 g/mol. The lowest BCUT2D eigenvalue weighted by molar-refractivity contribution is -0.120. The Hall–Kier alpha value is -1.14. The summed E-state index contributed by atoms with van der Waals surface area (Å²) in [7, 11) is 3.79. The van der Waals surface area contributed by atoms with E-state index in [1.165, 1.54) is 6.42 Å². The third-order valence-corrected chi connectivity index (χ3v) is 3.57. The first kappa shape index (κ1) is 16.9. The zero-order valence-electron chi connectivity index (χ0n) is 12.7. The molecule has 1 fully saturated rings. The Labute approximate surface area is 121 Å². The highest BCUT2D eigenvalue weighted by Crippen LogP contribution is 2.16. The number of rotatable bonds is 7. The molecule has 0 atom stereocenters. The minimum atomic E-state index is -0.356. The SMILES string of the molecule is CNCCCN(C)CC(=O)NC(=O)NC1CCCCC1. The fraction of sp³-hybridized carbons (Fsp3) is 0.857. The molecule has 1 saturated carbocycles. The molecule has 0 radical (unpaired) electrons. The van der Waals surface area contributed by atoms with Gasteiger partial charge in [0, 0.05) is 6.04 Å². The molecule has 0 heterocycles. The Kier molecular flexibility index (Phi) is 8.22. The molecule has 1 rings (SSSR count). The van der Waals surface area contributed by atoms with Crippen LogP contribution in [0, 0.1) is 0 Å². The van der Waals surface area contributed by atoms with Crippen LogP contribution in [0.1, 0.15) is 38.5 Å². The van der Waals surface area contributed by atoms with Crippen LogP contribution in [0.15, 0.2) is 0 Å². The fourth-order valence-electron chi connectivity index (χ4n) is 2.48. The van der Waals surface area contributed by atoms with Crippen molar-refractivity contribution in [3.63, 3.8) is 0 Å². The number of amides is 3. The van der Waals surface area contributed by atoms with E-state index >= 15 is 0 Å². The van der Waals surface area contributed by atoms with Gasteiger partial charge in [-0.25, -0.2) is 4.79 Å². The lowest BCUT2D eigenvalue weighted by atomic mass is 9.96. The van der Waals surface area contributed by atoms with Crippen LogP contribution < -0.4 is 16.0 Å². The second kappa shape index (κ2) is 9.72. The molecule has 0 aromatic rings. The third-order valence-electron chi connectivity index (χ3n) is 3.57. The molecule has 1 aliphatic carbocycles. The topological polar surface area (TPSA) is 73.5 Å². The zero-order valence-corrected chi connectivity index (χ0v) is 12.7. The maximum absolute atomic E-state index is 11.7. The summed E-state index contributed by atoms with van der Waals surface area (Å²) in [5.74, 6) is -0.245. The minimum Gasteiger partial charge on any atom is -0.335 e. The highest BCUT2D eigenvalue weighted by Gasteiger charge is 2.17. The average molecular weight is 284 g/mol. The van der Waals surface area contributed by atoms with Crippen molar-refractivity contribution in [2.75, 3.05) is 33.7 Å². The van der Waals surface area contributed by atoms with Gasteiger partial charge in [0.05, 0.1) is 6.54 Å². The van der Waals surface area contributed by atoms with Crippen LogP contribution in [0.5, 0.6) is 0 Å². The first-order valence-electron chi connectivity index (χ1n) is 7.55. The molecule has 116 valence electrons. The molecule has 0 aromatic carbocycles. The highest BCUT2D eigenvalue weighted by molar-refractivity contribution is 5.95. The molecule has 0 saturated heterocycles. The van der Waals surface area contributed by atoms with Gasteiger partial charge < -0.3 is 10.6 Å². The van der Waals surface area contributed by atoms with Crippen molar-refractivity contribution in [3.05, 3.63) is 0 Å². The van der Waals surface area contributed by atoms with E-state index in [9.17, 15) is 9.59 Å². The summed E-state index contributed by atoms with van der Waals surface area (Å²) in [6.45, 7) is 2.01. The van der Waals surface area contributed by atoms with Gasteiger partial charge >= 0.3 is 6.03 Å². The van der Waals surface area contributed by atoms with Gasteiger partial charge in [-0.05, 0) is 46.4 Å². The summed E-state index contributed by atoms with van der Waals surface area (Å²) in [5, 5.41) is 8.34. The van der Waals surface area contributed by atoms with Crippen molar-refractivity contribution in [1.82, 2.24) is 20.9 Å². The van der Waals surface area contributed by atoms with Crippen molar-refractivity contribution in [2.45, 2.75) is 44.6 Å². The first-order valence-corrected chi connectivity index (χ1v) is 7.55.